The molecule has 0 saturated carbocycles. The zero-order chi connectivity index (χ0) is 10.9. The molecule has 7 heteroatoms. The largest absolute Gasteiger partial charge is 0.281 e. The predicted octanol–water partition coefficient (Wildman–Crippen LogP) is 3.61. The van der Waals surface area contributed by atoms with Crippen LogP contribution in [0.2, 0.25) is 0 Å². The van der Waals surface area contributed by atoms with Gasteiger partial charge in [0, 0.05) is 7.14 Å². The maximum absolute atomic E-state index is 12.4. The standard InChI is InChI=1S/C7H2ClF2I2NO/c8-6(14)4-2(11)1-3(12)5(13-4)7(9)10/h1,7H. The van der Waals surface area contributed by atoms with Gasteiger partial charge in [-0.3, -0.25) is 4.79 Å². The molecule has 0 atom stereocenters. The molecule has 0 spiro atoms. The molecular formula is C7H2ClF2I2NO. The van der Waals surface area contributed by atoms with Gasteiger partial charge in [-0.15, -0.1) is 0 Å². The van der Waals surface area contributed by atoms with Crippen molar-refractivity contribution in [2.45, 2.75) is 6.43 Å². The fraction of sp³-hybridized carbons (Fsp3) is 0.143. The van der Waals surface area contributed by atoms with E-state index in [0.29, 0.717) is 7.14 Å². The fourth-order valence-electron chi connectivity index (χ4n) is 0.772. The molecule has 0 radical (unpaired) electrons. The van der Waals surface area contributed by atoms with Crippen molar-refractivity contribution in [1.82, 2.24) is 4.98 Å². The molecule has 0 bridgehead atoms. The fourth-order valence-corrected chi connectivity index (χ4v) is 3.02. The Labute approximate surface area is 111 Å². The Balaban J connectivity index is 3.34. The van der Waals surface area contributed by atoms with E-state index in [0.717, 1.165) is 0 Å². The van der Waals surface area contributed by atoms with Gasteiger partial charge < -0.3 is 0 Å². The number of carbonyl (C=O) groups excluding carboxylic acids is 1. The van der Waals surface area contributed by atoms with E-state index in [2.05, 4.69) is 4.98 Å². The number of pyridine rings is 1. The monoisotopic (exact) mass is 443 g/mol. The highest BCUT2D eigenvalue weighted by atomic mass is 127. The van der Waals surface area contributed by atoms with Crippen molar-refractivity contribution in [3.63, 3.8) is 0 Å². The zero-order valence-electron chi connectivity index (χ0n) is 6.40. The van der Waals surface area contributed by atoms with Crippen LogP contribution in [-0.2, 0) is 0 Å². The van der Waals surface area contributed by atoms with Crippen LogP contribution >= 0.6 is 56.8 Å². The van der Waals surface area contributed by atoms with Gasteiger partial charge in [-0.2, -0.15) is 0 Å². The lowest BCUT2D eigenvalue weighted by Crippen LogP contribution is -2.04. The normalized spacial score (nSPS) is 10.7. The molecule has 0 aliphatic heterocycles. The summed E-state index contributed by atoms with van der Waals surface area (Å²) < 4.78 is 25.5. The molecule has 0 aliphatic rings. The third-order valence-corrected chi connectivity index (χ3v) is 3.21. The van der Waals surface area contributed by atoms with Crippen molar-refractivity contribution in [2.75, 3.05) is 0 Å². The Morgan fingerprint density at radius 3 is 2.43 bits per heavy atom. The number of nitrogens with zero attached hydrogens (tertiary/aromatic N) is 1. The molecule has 1 rings (SSSR count). The maximum Gasteiger partial charge on any atom is 0.281 e. The van der Waals surface area contributed by atoms with Crippen LogP contribution in [-0.4, -0.2) is 10.2 Å². The van der Waals surface area contributed by atoms with Gasteiger partial charge in [0.15, 0.2) is 0 Å². The van der Waals surface area contributed by atoms with Crippen LogP contribution in [0.1, 0.15) is 22.6 Å². The zero-order valence-corrected chi connectivity index (χ0v) is 11.5. The van der Waals surface area contributed by atoms with Gasteiger partial charge in [-0.05, 0) is 62.8 Å². The van der Waals surface area contributed by atoms with Gasteiger partial charge in [0.2, 0.25) is 0 Å². The second kappa shape index (κ2) is 4.97. The van der Waals surface area contributed by atoms with Crippen molar-refractivity contribution < 1.29 is 13.6 Å². The van der Waals surface area contributed by atoms with Gasteiger partial charge in [-0.1, -0.05) is 0 Å². The molecule has 0 saturated heterocycles. The number of carbonyl (C=O) groups is 1. The summed E-state index contributed by atoms with van der Waals surface area (Å²) >= 11 is 8.75. The van der Waals surface area contributed by atoms with Crippen LogP contribution in [0.15, 0.2) is 6.07 Å². The number of aromatic nitrogens is 1. The Kier molecular flexibility index (Phi) is 4.44. The van der Waals surface area contributed by atoms with Crippen molar-refractivity contribution in [2.24, 2.45) is 0 Å². The number of hydrogen-bond donors (Lipinski definition) is 0. The summed E-state index contributed by atoms with van der Waals surface area (Å²) in [6.45, 7) is 0. The first-order chi connectivity index (χ1) is 6.43. The summed E-state index contributed by atoms with van der Waals surface area (Å²) in [4.78, 5) is 14.3. The minimum Gasteiger partial charge on any atom is -0.274 e. The van der Waals surface area contributed by atoms with E-state index in [1.54, 1.807) is 22.6 Å². The van der Waals surface area contributed by atoms with Crippen LogP contribution in [0, 0.1) is 7.14 Å². The third-order valence-electron chi connectivity index (χ3n) is 1.35. The summed E-state index contributed by atoms with van der Waals surface area (Å²) in [5, 5.41) is -0.826. The molecular weight excluding hydrogens is 441 g/mol. The first kappa shape index (κ1) is 12.5. The maximum atomic E-state index is 12.4. The molecule has 2 nitrogen and oxygen atoms in total. The summed E-state index contributed by atoms with van der Waals surface area (Å²) in [5.41, 5.74) is -0.530. The lowest BCUT2D eigenvalue weighted by Gasteiger charge is -2.05. The summed E-state index contributed by atoms with van der Waals surface area (Å²) in [6, 6.07) is 1.45. The van der Waals surface area contributed by atoms with Gasteiger partial charge in [-0.25, -0.2) is 13.8 Å². The average Bonchev–Trinajstić information content (AvgIpc) is 2.02. The highest BCUT2D eigenvalue weighted by molar-refractivity contribution is 14.1. The van der Waals surface area contributed by atoms with Crippen molar-refractivity contribution >= 4 is 62.0 Å². The molecule has 0 aliphatic carbocycles. The Morgan fingerprint density at radius 1 is 1.43 bits per heavy atom. The Morgan fingerprint density at radius 2 is 2.00 bits per heavy atom. The molecule has 1 aromatic heterocycles. The Hall–Kier alpha value is 0.430. The molecule has 1 aromatic rings. The number of rotatable bonds is 2. The topological polar surface area (TPSA) is 30.0 Å². The van der Waals surface area contributed by atoms with E-state index in [1.165, 1.54) is 6.07 Å². The van der Waals surface area contributed by atoms with Crippen molar-refractivity contribution in [1.29, 1.82) is 0 Å². The van der Waals surface area contributed by atoms with Gasteiger partial charge in [0.05, 0.1) is 0 Å². The van der Waals surface area contributed by atoms with Gasteiger partial charge >= 0.3 is 0 Å². The third kappa shape index (κ3) is 2.72. The van der Waals surface area contributed by atoms with E-state index in [1.807, 2.05) is 22.6 Å². The minimum absolute atomic E-state index is 0.122. The molecule has 1 heterocycles. The molecule has 0 aromatic carbocycles. The van der Waals surface area contributed by atoms with Crippen LogP contribution in [0.25, 0.3) is 0 Å². The summed E-state index contributed by atoms with van der Waals surface area (Å²) in [7, 11) is 0. The molecule has 0 N–H and O–H groups in total. The minimum atomic E-state index is -2.70. The second-order valence-corrected chi connectivity index (χ2v) is 4.93. The molecule has 76 valence electrons. The smallest absolute Gasteiger partial charge is 0.274 e. The molecule has 14 heavy (non-hydrogen) atoms. The van der Waals surface area contributed by atoms with Crippen LogP contribution in [0.4, 0.5) is 8.78 Å². The van der Waals surface area contributed by atoms with E-state index in [9.17, 15) is 13.6 Å². The summed E-state index contributed by atoms with van der Waals surface area (Å²) in [5.74, 6) is 0. The number of hydrogen-bond acceptors (Lipinski definition) is 2. The molecule has 0 unspecified atom stereocenters. The average molecular weight is 443 g/mol. The molecule has 0 fully saturated rings. The molecule has 0 amide bonds. The van der Waals surface area contributed by atoms with Crippen LogP contribution in [0.3, 0.4) is 0 Å². The van der Waals surface area contributed by atoms with Crippen LogP contribution in [0.5, 0.6) is 0 Å². The number of alkyl halides is 2. The van der Waals surface area contributed by atoms with E-state index >= 15 is 0 Å². The van der Waals surface area contributed by atoms with Gasteiger partial charge in [0.25, 0.3) is 11.7 Å². The number of halogens is 5. The van der Waals surface area contributed by atoms with Crippen molar-refractivity contribution in [3.05, 3.63) is 24.6 Å². The van der Waals surface area contributed by atoms with E-state index in [-0.39, 0.29) is 5.69 Å². The summed E-state index contributed by atoms with van der Waals surface area (Å²) in [6.07, 6.45) is -2.70. The highest BCUT2D eigenvalue weighted by Gasteiger charge is 2.19. The Bertz CT molecular complexity index is 386. The first-order valence-corrected chi connectivity index (χ1v) is 5.81. The van der Waals surface area contributed by atoms with E-state index < -0.39 is 17.4 Å². The van der Waals surface area contributed by atoms with Crippen LogP contribution < -0.4 is 0 Å². The van der Waals surface area contributed by atoms with Gasteiger partial charge in [0.1, 0.15) is 11.4 Å². The second-order valence-electron chi connectivity index (χ2n) is 2.26. The van der Waals surface area contributed by atoms with E-state index in [4.69, 9.17) is 11.6 Å². The lowest BCUT2D eigenvalue weighted by atomic mass is 10.3. The van der Waals surface area contributed by atoms with Crippen molar-refractivity contribution in [3.8, 4) is 0 Å². The lowest BCUT2D eigenvalue weighted by molar-refractivity contribution is 0.107. The quantitative estimate of drug-likeness (QED) is 0.517. The first-order valence-electron chi connectivity index (χ1n) is 3.27. The predicted molar refractivity (Wildman–Crippen MR) is 64.8 cm³/mol. The highest BCUT2D eigenvalue weighted by Crippen LogP contribution is 2.25. The SMILES string of the molecule is O=C(Cl)c1nc(C(F)F)c(I)cc1I.